The molecule has 1 rings (SSSR count). The molecule has 0 aromatic rings. The normalized spacial score (nSPS) is 25.4. The van der Waals surface area contributed by atoms with Crippen molar-refractivity contribution in [3.8, 4) is 0 Å². The standard InChI is InChI=1S/C14H24N2O2/c1-6-7-8-16-12(10(4)5)13(17)15-11(9(2)3)14(16)18/h6-7,9-12H,8H2,1-5H3,(H,15,17)/b7-6+. The monoisotopic (exact) mass is 252 g/mol. The summed E-state index contributed by atoms with van der Waals surface area (Å²) < 4.78 is 0. The number of nitrogens with zero attached hydrogens (tertiary/aromatic N) is 1. The summed E-state index contributed by atoms with van der Waals surface area (Å²) in [7, 11) is 0. The maximum atomic E-state index is 12.4. The number of carbonyl (C=O) groups excluding carboxylic acids is 2. The van der Waals surface area contributed by atoms with Gasteiger partial charge in [-0.05, 0) is 18.8 Å². The summed E-state index contributed by atoms with van der Waals surface area (Å²) in [6, 6.07) is -0.749. The van der Waals surface area contributed by atoms with Crippen LogP contribution >= 0.6 is 0 Å². The van der Waals surface area contributed by atoms with Crippen molar-refractivity contribution in [1.82, 2.24) is 10.2 Å². The van der Waals surface area contributed by atoms with Gasteiger partial charge in [-0.1, -0.05) is 39.8 Å². The van der Waals surface area contributed by atoms with Gasteiger partial charge in [-0.2, -0.15) is 0 Å². The Morgan fingerprint density at radius 2 is 1.83 bits per heavy atom. The SMILES string of the molecule is C/C=C/CN1C(=O)C(C(C)C)NC(=O)C1C(C)C. The van der Waals surface area contributed by atoms with Gasteiger partial charge in [0.15, 0.2) is 0 Å². The molecule has 0 radical (unpaired) electrons. The number of piperazine rings is 1. The van der Waals surface area contributed by atoms with Gasteiger partial charge in [-0.15, -0.1) is 0 Å². The van der Waals surface area contributed by atoms with Gasteiger partial charge in [0.25, 0.3) is 0 Å². The third-order valence-electron chi connectivity index (χ3n) is 3.29. The summed E-state index contributed by atoms with van der Waals surface area (Å²) >= 11 is 0. The molecule has 1 N–H and O–H groups in total. The number of rotatable bonds is 4. The van der Waals surface area contributed by atoms with E-state index in [9.17, 15) is 9.59 Å². The minimum absolute atomic E-state index is 0.0291. The Balaban J connectivity index is 3.00. The van der Waals surface area contributed by atoms with Crippen molar-refractivity contribution < 1.29 is 9.59 Å². The highest BCUT2D eigenvalue weighted by Crippen LogP contribution is 2.20. The first-order valence-electron chi connectivity index (χ1n) is 6.62. The molecule has 0 bridgehead atoms. The Morgan fingerprint density at radius 3 is 2.28 bits per heavy atom. The van der Waals surface area contributed by atoms with Crippen molar-refractivity contribution in [3.63, 3.8) is 0 Å². The molecule has 0 saturated carbocycles. The molecule has 4 heteroatoms. The number of hydrogen-bond donors (Lipinski definition) is 1. The van der Waals surface area contributed by atoms with E-state index in [1.165, 1.54) is 0 Å². The average Bonchev–Trinajstić information content (AvgIpc) is 2.28. The first-order chi connectivity index (χ1) is 8.40. The van der Waals surface area contributed by atoms with Crippen LogP contribution in [0.1, 0.15) is 34.6 Å². The topological polar surface area (TPSA) is 49.4 Å². The molecule has 1 heterocycles. The molecule has 0 aromatic heterocycles. The first-order valence-corrected chi connectivity index (χ1v) is 6.62. The van der Waals surface area contributed by atoms with Crippen LogP contribution in [0.4, 0.5) is 0 Å². The zero-order valence-electron chi connectivity index (χ0n) is 11.9. The molecule has 0 aliphatic carbocycles. The van der Waals surface area contributed by atoms with E-state index in [0.717, 1.165) is 0 Å². The fourth-order valence-corrected chi connectivity index (χ4v) is 2.29. The van der Waals surface area contributed by atoms with Crippen molar-refractivity contribution in [2.75, 3.05) is 6.54 Å². The van der Waals surface area contributed by atoms with E-state index < -0.39 is 6.04 Å². The third kappa shape index (κ3) is 2.92. The summed E-state index contributed by atoms with van der Waals surface area (Å²) in [6.07, 6.45) is 3.82. The van der Waals surface area contributed by atoms with Gasteiger partial charge in [0.05, 0.1) is 0 Å². The van der Waals surface area contributed by atoms with Gasteiger partial charge in [0.1, 0.15) is 12.1 Å². The second-order valence-corrected chi connectivity index (χ2v) is 5.48. The Bertz CT molecular complexity index is 348. The lowest BCUT2D eigenvalue weighted by molar-refractivity contribution is -0.151. The molecule has 2 atom stereocenters. The van der Waals surface area contributed by atoms with E-state index in [0.29, 0.717) is 6.54 Å². The van der Waals surface area contributed by atoms with Crippen LogP contribution in [0.25, 0.3) is 0 Å². The zero-order valence-corrected chi connectivity index (χ0v) is 11.9. The van der Waals surface area contributed by atoms with Crippen LogP contribution in [0.15, 0.2) is 12.2 Å². The van der Waals surface area contributed by atoms with Crippen LogP contribution in [0.2, 0.25) is 0 Å². The molecule has 1 fully saturated rings. The molecule has 2 amide bonds. The second kappa shape index (κ2) is 6.03. The fourth-order valence-electron chi connectivity index (χ4n) is 2.29. The van der Waals surface area contributed by atoms with Crippen LogP contribution in [0.3, 0.4) is 0 Å². The fraction of sp³-hybridized carbons (Fsp3) is 0.714. The van der Waals surface area contributed by atoms with E-state index in [-0.39, 0.29) is 29.7 Å². The number of nitrogens with one attached hydrogen (secondary N) is 1. The van der Waals surface area contributed by atoms with Gasteiger partial charge in [-0.3, -0.25) is 9.59 Å². The molecular formula is C14H24N2O2. The Morgan fingerprint density at radius 1 is 1.22 bits per heavy atom. The van der Waals surface area contributed by atoms with Crippen molar-refractivity contribution >= 4 is 11.8 Å². The second-order valence-electron chi connectivity index (χ2n) is 5.48. The largest absolute Gasteiger partial charge is 0.342 e. The molecule has 18 heavy (non-hydrogen) atoms. The predicted octanol–water partition coefficient (Wildman–Crippen LogP) is 1.57. The molecule has 102 valence electrons. The van der Waals surface area contributed by atoms with Gasteiger partial charge < -0.3 is 10.2 Å². The quantitative estimate of drug-likeness (QED) is 0.772. The molecule has 1 aliphatic rings. The summed E-state index contributed by atoms with van der Waals surface area (Å²) in [5, 5.41) is 2.85. The van der Waals surface area contributed by atoms with Crippen LogP contribution in [0, 0.1) is 11.8 Å². The smallest absolute Gasteiger partial charge is 0.246 e. The molecule has 4 nitrogen and oxygen atoms in total. The van der Waals surface area contributed by atoms with Crippen molar-refractivity contribution in [1.29, 1.82) is 0 Å². The maximum absolute atomic E-state index is 12.4. The van der Waals surface area contributed by atoms with E-state index >= 15 is 0 Å². The summed E-state index contributed by atoms with van der Waals surface area (Å²) in [5.74, 6) is 0.226. The summed E-state index contributed by atoms with van der Waals surface area (Å²) in [5.41, 5.74) is 0. The van der Waals surface area contributed by atoms with E-state index in [4.69, 9.17) is 0 Å². The highest BCUT2D eigenvalue weighted by Gasteiger charge is 2.42. The molecule has 2 unspecified atom stereocenters. The Kier molecular flexibility index (Phi) is 4.93. The average molecular weight is 252 g/mol. The van der Waals surface area contributed by atoms with Gasteiger partial charge in [-0.25, -0.2) is 0 Å². The van der Waals surface area contributed by atoms with Crippen LogP contribution in [-0.2, 0) is 9.59 Å². The van der Waals surface area contributed by atoms with Gasteiger partial charge >= 0.3 is 0 Å². The van der Waals surface area contributed by atoms with Crippen molar-refractivity contribution in [3.05, 3.63) is 12.2 Å². The highest BCUT2D eigenvalue weighted by atomic mass is 16.2. The minimum atomic E-state index is -0.391. The van der Waals surface area contributed by atoms with Crippen molar-refractivity contribution in [2.45, 2.75) is 46.7 Å². The van der Waals surface area contributed by atoms with E-state index in [1.807, 2.05) is 46.8 Å². The highest BCUT2D eigenvalue weighted by molar-refractivity contribution is 5.97. The minimum Gasteiger partial charge on any atom is -0.342 e. The number of amides is 2. The lowest BCUT2D eigenvalue weighted by Gasteiger charge is -2.41. The summed E-state index contributed by atoms with van der Waals surface area (Å²) in [4.78, 5) is 26.3. The predicted molar refractivity (Wildman–Crippen MR) is 71.9 cm³/mol. The number of hydrogen-bond acceptors (Lipinski definition) is 2. The first kappa shape index (κ1) is 14.7. The molecular weight excluding hydrogens is 228 g/mol. The van der Waals surface area contributed by atoms with Gasteiger partial charge in [0, 0.05) is 6.54 Å². The van der Waals surface area contributed by atoms with Crippen LogP contribution < -0.4 is 5.32 Å². The molecule has 0 spiro atoms. The van der Waals surface area contributed by atoms with E-state index in [1.54, 1.807) is 4.90 Å². The van der Waals surface area contributed by atoms with E-state index in [2.05, 4.69) is 5.32 Å². The molecule has 1 saturated heterocycles. The summed E-state index contributed by atoms with van der Waals surface area (Å²) in [6.45, 7) is 10.3. The zero-order chi connectivity index (χ0) is 13.9. The Hall–Kier alpha value is -1.32. The van der Waals surface area contributed by atoms with Gasteiger partial charge in [0.2, 0.25) is 11.8 Å². The Labute approximate surface area is 109 Å². The third-order valence-corrected chi connectivity index (χ3v) is 3.29. The number of carbonyl (C=O) groups is 2. The lowest BCUT2D eigenvalue weighted by Crippen LogP contribution is -2.66. The maximum Gasteiger partial charge on any atom is 0.246 e. The molecule has 0 aromatic carbocycles. The lowest BCUT2D eigenvalue weighted by atomic mass is 9.93. The van der Waals surface area contributed by atoms with Crippen LogP contribution in [-0.4, -0.2) is 35.3 Å². The number of allylic oxidation sites excluding steroid dienone is 1. The van der Waals surface area contributed by atoms with Crippen LogP contribution in [0.5, 0.6) is 0 Å². The molecule has 1 aliphatic heterocycles. The van der Waals surface area contributed by atoms with Crippen molar-refractivity contribution in [2.24, 2.45) is 11.8 Å².